The van der Waals surface area contributed by atoms with Crippen molar-refractivity contribution in [3.8, 4) is 0 Å². The van der Waals surface area contributed by atoms with Gasteiger partial charge in [-0.05, 0) is 5.56 Å². The second-order valence-corrected chi connectivity index (χ2v) is 4.75. The van der Waals surface area contributed by atoms with Gasteiger partial charge in [0.1, 0.15) is 12.6 Å². The minimum Gasteiger partial charge on any atom is -0.481 e. The zero-order valence-electron chi connectivity index (χ0n) is 12.8. The molecule has 3 N–H and O–H groups in total. The van der Waals surface area contributed by atoms with E-state index in [-0.39, 0.29) is 6.61 Å². The van der Waals surface area contributed by atoms with E-state index in [1.54, 1.807) is 30.3 Å². The molecular weight excluding hydrogens is 322 g/mol. The van der Waals surface area contributed by atoms with E-state index in [4.69, 9.17) is 14.9 Å². The highest BCUT2D eigenvalue weighted by atomic mass is 16.5. The van der Waals surface area contributed by atoms with Crippen LogP contribution in [0.3, 0.4) is 0 Å². The van der Waals surface area contributed by atoms with Crippen LogP contribution in [0, 0.1) is 5.92 Å². The number of amides is 1. The summed E-state index contributed by atoms with van der Waals surface area (Å²) in [6.07, 6.45) is -1.91. The van der Waals surface area contributed by atoms with Crippen molar-refractivity contribution in [2.75, 3.05) is 7.11 Å². The number of methoxy groups -OCH3 is 1. The third-order valence-electron chi connectivity index (χ3n) is 3.05. The first-order chi connectivity index (χ1) is 11.3. The lowest BCUT2D eigenvalue weighted by atomic mass is 9.96. The molecule has 24 heavy (non-hydrogen) atoms. The Hall–Kier alpha value is -3.10. The molecule has 9 nitrogen and oxygen atoms in total. The normalized spacial score (nSPS) is 12.5. The number of carbonyl (C=O) groups is 4. The summed E-state index contributed by atoms with van der Waals surface area (Å²) < 4.78 is 9.26. The standard InChI is InChI=1S/C15H17NO8/c1-23-14(21)10(7-11(17)18)12(13(19)20)16-15(22)24-8-9-5-3-2-4-6-9/h2-6,10,12H,7-8H2,1H3,(H,16,22)(H,17,18)(H,19,20)/t10-,12+/m1/s1. The summed E-state index contributed by atoms with van der Waals surface area (Å²) in [6, 6.07) is 6.84. The van der Waals surface area contributed by atoms with Crippen LogP contribution in [0.25, 0.3) is 0 Å². The number of esters is 1. The van der Waals surface area contributed by atoms with Crippen molar-refractivity contribution in [3.63, 3.8) is 0 Å². The van der Waals surface area contributed by atoms with E-state index in [0.29, 0.717) is 5.56 Å². The molecule has 1 amide bonds. The van der Waals surface area contributed by atoms with Crippen LogP contribution in [0.15, 0.2) is 30.3 Å². The fourth-order valence-electron chi connectivity index (χ4n) is 1.90. The Bertz CT molecular complexity index is 601. The van der Waals surface area contributed by atoms with Crippen LogP contribution in [0.1, 0.15) is 12.0 Å². The second kappa shape index (κ2) is 9.13. The van der Waals surface area contributed by atoms with E-state index < -0.39 is 42.4 Å². The maximum atomic E-state index is 11.7. The Morgan fingerprint density at radius 3 is 2.25 bits per heavy atom. The average Bonchev–Trinajstić information content (AvgIpc) is 2.55. The molecule has 0 aliphatic carbocycles. The lowest BCUT2D eigenvalue weighted by Crippen LogP contribution is -2.49. The summed E-state index contributed by atoms with van der Waals surface area (Å²) in [7, 11) is 0.990. The van der Waals surface area contributed by atoms with Gasteiger partial charge in [0.2, 0.25) is 0 Å². The monoisotopic (exact) mass is 339 g/mol. The van der Waals surface area contributed by atoms with Crippen molar-refractivity contribution in [1.29, 1.82) is 0 Å². The summed E-state index contributed by atoms with van der Waals surface area (Å²) >= 11 is 0. The molecule has 0 saturated heterocycles. The molecule has 0 radical (unpaired) electrons. The van der Waals surface area contributed by atoms with Gasteiger partial charge in [0.15, 0.2) is 0 Å². The van der Waals surface area contributed by atoms with E-state index in [0.717, 1.165) is 7.11 Å². The van der Waals surface area contributed by atoms with Gasteiger partial charge in [-0.1, -0.05) is 30.3 Å². The van der Waals surface area contributed by atoms with Crippen molar-refractivity contribution in [2.24, 2.45) is 5.92 Å². The number of hydrogen-bond acceptors (Lipinski definition) is 6. The molecule has 1 aromatic rings. The van der Waals surface area contributed by atoms with Crippen LogP contribution >= 0.6 is 0 Å². The third-order valence-corrected chi connectivity index (χ3v) is 3.05. The number of carboxylic acids is 2. The van der Waals surface area contributed by atoms with Crippen LogP contribution in [0.5, 0.6) is 0 Å². The first-order valence-electron chi connectivity index (χ1n) is 6.84. The predicted molar refractivity (Wildman–Crippen MR) is 78.9 cm³/mol. The Kier molecular flexibility index (Phi) is 7.21. The van der Waals surface area contributed by atoms with Crippen molar-refractivity contribution in [2.45, 2.75) is 19.1 Å². The number of ether oxygens (including phenoxy) is 2. The molecule has 0 spiro atoms. The first-order valence-corrected chi connectivity index (χ1v) is 6.84. The van der Waals surface area contributed by atoms with E-state index in [2.05, 4.69) is 4.74 Å². The number of rotatable bonds is 8. The largest absolute Gasteiger partial charge is 0.481 e. The highest BCUT2D eigenvalue weighted by molar-refractivity contribution is 5.89. The third kappa shape index (κ3) is 5.95. The molecule has 0 saturated carbocycles. The Morgan fingerprint density at radius 1 is 1.12 bits per heavy atom. The summed E-state index contributed by atoms with van der Waals surface area (Å²) in [5.74, 6) is -5.64. The van der Waals surface area contributed by atoms with Gasteiger partial charge < -0.3 is 25.0 Å². The molecule has 0 fully saturated rings. The highest BCUT2D eigenvalue weighted by Gasteiger charge is 2.38. The lowest BCUT2D eigenvalue weighted by molar-refractivity contribution is -0.156. The van der Waals surface area contributed by atoms with Gasteiger partial charge >= 0.3 is 24.0 Å². The van der Waals surface area contributed by atoms with Crippen LogP contribution in [-0.2, 0) is 30.5 Å². The smallest absolute Gasteiger partial charge is 0.408 e. The minimum atomic E-state index is -1.79. The highest BCUT2D eigenvalue weighted by Crippen LogP contribution is 2.13. The maximum Gasteiger partial charge on any atom is 0.408 e. The number of hydrogen-bond donors (Lipinski definition) is 3. The van der Waals surface area contributed by atoms with Crippen molar-refractivity contribution >= 4 is 24.0 Å². The van der Waals surface area contributed by atoms with Gasteiger partial charge in [-0.25, -0.2) is 9.59 Å². The molecule has 1 aromatic carbocycles. The molecule has 1 rings (SSSR count). The summed E-state index contributed by atoms with van der Waals surface area (Å²) in [6.45, 7) is -0.110. The number of aliphatic carboxylic acids is 2. The van der Waals surface area contributed by atoms with Gasteiger partial charge in [-0.2, -0.15) is 0 Å². The van der Waals surface area contributed by atoms with Crippen LogP contribution in [-0.4, -0.2) is 47.4 Å². The molecule has 0 aliphatic rings. The summed E-state index contributed by atoms with van der Waals surface area (Å²) in [4.78, 5) is 45.4. The van der Waals surface area contributed by atoms with Crippen molar-refractivity contribution in [3.05, 3.63) is 35.9 Å². The fourth-order valence-corrected chi connectivity index (χ4v) is 1.90. The summed E-state index contributed by atoms with van der Waals surface area (Å²) in [5, 5.41) is 19.9. The Morgan fingerprint density at radius 2 is 1.75 bits per heavy atom. The van der Waals surface area contributed by atoms with E-state index in [1.807, 2.05) is 5.32 Å². The fraction of sp³-hybridized carbons (Fsp3) is 0.333. The van der Waals surface area contributed by atoms with Gasteiger partial charge in [0.05, 0.1) is 19.4 Å². The van der Waals surface area contributed by atoms with Gasteiger partial charge in [-0.3, -0.25) is 9.59 Å². The van der Waals surface area contributed by atoms with Crippen LogP contribution < -0.4 is 5.32 Å². The molecule has 0 unspecified atom stereocenters. The average molecular weight is 339 g/mol. The SMILES string of the molecule is COC(=O)[C@H](CC(=O)O)[C@H](NC(=O)OCc1ccccc1)C(=O)O. The molecular formula is C15H17NO8. The number of nitrogens with one attached hydrogen (secondary N) is 1. The molecule has 2 atom stereocenters. The minimum absolute atomic E-state index is 0.110. The van der Waals surface area contributed by atoms with E-state index in [9.17, 15) is 19.2 Å². The molecule has 0 aromatic heterocycles. The van der Waals surface area contributed by atoms with Crippen LogP contribution in [0.2, 0.25) is 0 Å². The first kappa shape index (κ1) is 18.9. The number of benzene rings is 1. The second-order valence-electron chi connectivity index (χ2n) is 4.75. The quantitative estimate of drug-likeness (QED) is 0.586. The molecule has 0 bridgehead atoms. The topological polar surface area (TPSA) is 139 Å². The van der Waals surface area contributed by atoms with E-state index >= 15 is 0 Å². The lowest BCUT2D eigenvalue weighted by Gasteiger charge is -2.21. The van der Waals surface area contributed by atoms with Gasteiger partial charge in [0.25, 0.3) is 0 Å². The van der Waals surface area contributed by atoms with E-state index in [1.165, 1.54) is 0 Å². The predicted octanol–water partition coefficient (Wildman–Crippen LogP) is 0.630. The molecule has 0 heterocycles. The molecule has 0 aliphatic heterocycles. The van der Waals surface area contributed by atoms with Gasteiger partial charge in [0, 0.05) is 0 Å². The number of alkyl carbamates (subject to hydrolysis) is 1. The maximum absolute atomic E-state index is 11.7. The van der Waals surface area contributed by atoms with Crippen molar-refractivity contribution in [1.82, 2.24) is 5.32 Å². The van der Waals surface area contributed by atoms with Crippen molar-refractivity contribution < 1.29 is 38.9 Å². The molecule has 130 valence electrons. The van der Waals surface area contributed by atoms with Gasteiger partial charge in [-0.15, -0.1) is 0 Å². The van der Waals surface area contributed by atoms with Crippen LogP contribution in [0.4, 0.5) is 4.79 Å². The Labute approximate surface area is 137 Å². The zero-order valence-corrected chi connectivity index (χ0v) is 12.8. The number of carboxylic acid groups (broad SMARTS) is 2. The number of carbonyl (C=O) groups excluding carboxylic acids is 2. The zero-order chi connectivity index (χ0) is 18.1. The Balaban J connectivity index is 2.75. The summed E-state index contributed by atoms with van der Waals surface area (Å²) in [5.41, 5.74) is 0.676. The molecule has 9 heteroatoms.